The zero-order valence-corrected chi connectivity index (χ0v) is 8.49. The number of hydrogen-bond donors (Lipinski definition) is 1. The Morgan fingerprint density at radius 1 is 1.50 bits per heavy atom. The Morgan fingerprint density at radius 3 is 3.07 bits per heavy atom. The number of aromatic nitrogens is 1. The molecule has 0 amide bonds. The van der Waals surface area contributed by atoms with Gasteiger partial charge in [0.2, 0.25) is 5.88 Å². The highest BCUT2D eigenvalue weighted by atomic mass is 16.5. The molecule has 1 aliphatic heterocycles. The predicted octanol–water partition coefficient (Wildman–Crippen LogP) is 1.52. The molecule has 0 bridgehead atoms. The van der Waals surface area contributed by atoms with E-state index >= 15 is 0 Å². The lowest BCUT2D eigenvalue weighted by atomic mass is 10.1. The molecule has 1 fully saturated rings. The molecule has 0 aliphatic carbocycles. The van der Waals surface area contributed by atoms with Gasteiger partial charge in [0.05, 0.1) is 0 Å². The smallest absolute Gasteiger partial charge is 0.213 e. The van der Waals surface area contributed by atoms with Crippen molar-refractivity contribution < 1.29 is 4.74 Å². The van der Waals surface area contributed by atoms with Crippen LogP contribution in [0.25, 0.3) is 0 Å². The molecule has 0 radical (unpaired) electrons. The summed E-state index contributed by atoms with van der Waals surface area (Å²) in [5.41, 5.74) is 1.17. The number of piperidine rings is 1. The van der Waals surface area contributed by atoms with Crippen molar-refractivity contribution in [1.82, 2.24) is 10.3 Å². The average molecular weight is 192 g/mol. The minimum Gasteiger partial charge on any atom is -0.473 e. The fraction of sp³-hybridized carbons (Fsp3) is 0.545. The van der Waals surface area contributed by atoms with Crippen LogP contribution < -0.4 is 10.1 Å². The molecule has 2 rings (SSSR count). The summed E-state index contributed by atoms with van der Waals surface area (Å²) in [5.74, 6) is 0.740. The Hall–Kier alpha value is -1.09. The van der Waals surface area contributed by atoms with Crippen LogP contribution in [0.4, 0.5) is 0 Å². The molecule has 1 saturated heterocycles. The fourth-order valence-corrected chi connectivity index (χ4v) is 1.62. The highest BCUT2D eigenvalue weighted by Gasteiger charge is 2.14. The number of aryl methyl sites for hydroxylation is 1. The first-order valence-corrected chi connectivity index (χ1v) is 5.14. The van der Waals surface area contributed by atoms with Crippen molar-refractivity contribution in [2.75, 3.05) is 13.1 Å². The number of nitrogens with one attached hydrogen (secondary N) is 1. The van der Waals surface area contributed by atoms with E-state index in [0.29, 0.717) is 6.10 Å². The molecule has 1 aromatic heterocycles. The lowest BCUT2D eigenvalue weighted by molar-refractivity contribution is 0.160. The molecular weight excluding hydrogens is 176 g/mol. The van der Waals surface area contributed by atoms with Gasteiger partial charge in [-0.25, -0.2) is 4.98 Å². The number of ether oxygens (including phenoxy) is 1. The topological polar surface area (TPSA) is 34.1 Å². The van der Waals surface area contributed by atoms with Crippen LogP contribution in [0, 0.1) is 6.92 Å². The molecule has 0 aromatic carbocycles. The molecule has 2 heterocycles. The maximum atomic E-state index is 5.74. The first-order chi connectivity index (χ1) is 6.84. The third-order valence-corrected chi connectivity index (χ3v) is 2.42. The quantitative estimate of drug-likeness (QED) is 0.771. The van der Waals surface area contributed by atoms with Crippen molar-refractivity contribution in [3.8, 4) is 5.88 Å². The molecule has 76 valence electrons. The summed E-state index contributed by atoms with van der Waals surface area (Å²) < 4.78 is 5.74. The van der Waals surface area contributed by atoms with Crippen LogP contribution in [-0.4, -0.2) is 24.2 Å². The first-order valence-electron chi connectivity index (χ1n) is 5.14. The Morgan fingerprint density at radius 2 is 2.43 bits per heavy atom. The van der Waals surface area contributed by atoms with E-state index in [1.54, 1.807) is 0 Å². The van der Waals surface area contributed by atoms with E-state index in [2.05, 4.69) is 10.3 Å². The Balaban J connectivity index is 1.92. The third-order valence-electron chi connectivity index (χ3n) is 2.42. The number of rotatable bonds is 2. The van der Waals surface area contributed by atoms with Crippen LogP contribution >= 0.6 is 0 Å². The Bertz CT molecular complexity index is 278. The van der Waals surface area contributed by atoms with Gasteiger partial charge in [-0.2, -0.15) is 0 Å². The molecule has 1 unspecified atom stereocenters. The SMILES string of the molecule is Cc1ccc(OC2CCCNC2)nc1. The third kappa shape index (κ3) is 2.45. The molecular formula is C11H16N2O. The van der Waals surface area contributed by atoms with Crippen molar-refractivity contribution in [1.29, 1.82) is 0 Å². The van der Waals surface area contributed by atoms with Gasteiger partial charge in [0.15, 0.2) is 0 Å². The van der Waals surface area contributed by atoms with E-state index in [0.717, 1.165) is 25.4 Å². The van der Waals surface area contributed by atoms with E-state index in [-0.39, 0.29) is 0 Å². The minimum absolute atomic E-state index is 0.291. The second kappa shape index (κ2) is 4.42. The monoisotopic (exact) mass is 192 g/mol. The van der Waals surface area contributed by atoms with Gasteiger partial charge in [0.25, 0.3) is 0 Å². The van der Waals surface area contributed by atoms with Crippen molar-refractivity contribution in [2.24, 2.45) is 0 Å². The number of pyridine rings is 1. The molecule has 1 aliphatic rings. The Labute approximate surface area is 84.5 Å². The van der Waals surface area contributed by atoms with Gasteiger partial charge in [-0.05, 0) is 31.9 Å². The summed E-state index contributed by atoms with van der Waals surface area (Å²) in [4.78, 5) is 4.22. The molecule has 14 heavy (non-hydrogen) atoms. The van der Waals surface area contributed by atoms with E-state index in [4.69, 9.17) is 4.74 Å². The van der Waals surface area contributed by atoms with Crippen molar-refractivity contribution in [3.05, 3.63) is 23.9 Å². The predicted molar refractivity (Wildman–Crippen MR) is 55.5 cm³/mol. The van der Waals surface area contributed by atoms with Gasteiger partial charge >= 0.3 is 0 Å². The molecule has 3 nitrogen and oxygen atoms in total. The highest BCUT2D eigenvalue weighted by Crippen LogP contribution is 2.12. The summed E-state index contributed by atoms with van der Waals surface area (Å²) >= 11 is 0. The summed E-state index contributed by atoms with van der Waals surface area (Å²) in [6, 6.07) is 3.96. The van der Waals surface area contributed by atoms with E-state index < -0.39 is 0 Å². The standard InChI is InChI=1S/C11H16N2O/c1-9-4-5-11(13-7-9)14-10-3-2-6-12-8-10/h4-5,7,10,12H,2-3,6,8H2,1H3. The molecule has 0 saturated carbocycles. The van der Waals surface area contributed by atoms with Gasteiger partial charge in [-0.15, -0.1) is 0 Å². The van der Waals surface area contributed by atoms with Gasteiger partial charge in [-0.3, -0.25) is 0 Å². The van der Waals surface area contributed by atoms with E-state index in [1.165, 1.54) is 12.0 Å². The van der Waals surface area contributed by atoms with Crippen molar-refractivity contribution >= 4 is 0 Å². The Kier molecular flexibility index (Phi) is 2.99. The lowest BCUT2D eigenvalue weighted by Gasteiger charge is -2.23. The second-order valence-corrected chi connectivity index (χ2v) is 3.76. The van der Waals surface area contributed by atoms with Crippen LogP contribution in [0.5, 0.6) is 5.88 Å². The van der Waals surface area contributed by atoms with Gasteiger partial charge in [-0.1, -0.05) is 6.07 Å². The van der Waals surface area contributed by atoms with Gasteiger partial charge < -0.3 is 10.1 Å². The molecule has 3 heteroatoms. The minimum atomic E-state index is 0.291. The largest absolute Gasteiger partial charge is 0.473 e. The van der Waals surface area contributed by atoms with Crippen LogP contribution in [0.1, 0.15) is 18.4 Å². The normalized spacial score (nSPS) is 21.9. The van der Waals surface area contributed by atoms with E-state index in [1.807, 2.05) is 25.3 Å². The first kappa shape index (κ1) is 9.46. The van der Waals surface area contributed by atoms with E-state index in [9.17, 15) is 0 Å². The lowest BCUT2D eigenvalue weighted by Crippen LogP contribution is -2.37. The summed E-state index contributed by atoms with van der Waals surface area (Å²) in [6.45, 7) is 4.08. The molecule has 0 spiro atoms. The van der Waals surface area contributed by atoms with Crippen LogP contribution in [0.3, 0.4) is 0 Å². The maximum absolute atomic E-state index is 5.74. The van der Waals surface area contributed by atoms with Crippen LogP contribution in [-0.2, 0) is 0 Å². The van der Waals surface area contributed by atoms with Gasteiger partial charge in [0, 0.05) is 18.8 Å². The maximum Gasteiger partial charge on any atom is 0.213 e. The van der Waals surface area contributed by atoms with Crippen LogP contribution in [0.15, 0.2) is 18.3 Å². The molecule has 1 aromatic rings. The summed E-state index contributed by atoms with van der Waals surface area (Å²) in [6.07, 6.45) is 4.45. The number of hydrogen-bond acceptors (Lipinski definition) is 3. The fourth-order valence-electron chi connectivity index (χ4n) is 1.62. The van der Waals surface area contributed by atoms with Crippen LogP contribution in [0.2, 0.25) is 0 Å². The zero-order chi connectivity index (χ0) is 9.80. The van der Waals surface area contributed by atoms with Crippen molar-refractivity contribution in [2.45, 2.75) is 25.9 Å². The number of nitrogens with zero attached hydrogens (tertiary/aromatic N) is 1. The summed E-state index contributed by atoms with van der Waals surface area (Å²) in [7, 11) is 0. The highest BCUT2D eigenvalue weighted by molar-refractivity contribution is 5.16. The average Bonchev–Trinajstić information content (AvgIpc) is 2.23. The summed E-state index contributed by atoms with van der Waals surface area (Å²) in [5, 5.41) is 3.31. The van der Waals surface area contributed by atoms with Gasteiger partial charge in [0.1, 0.15) is 6.10 Å². The molecule has 1 N–H and O–H groups in total. The van der Waals surface area contributed by atoms with Crippen molar-refractivity contribution in [3.63, 3.8) is 0 Å². The molecule has 1 atom stereocenters. The second-order valence-electron chi connectivity index (χ2n) is 3.76. The zero-order valence-electron chi connectivity index (χ0n) is 8.49.